The van der Waals surface area contributed by atoms with Crippen LogP contribution in [0.4, 0.5) is 4.39 Å². The van der Waals surface area contributed by atoms with Gasteiger partial charge in [-0.25, -0.2) is 4.39 Å². The summed E-state index contributed by atoms with van der Waals surface area (Å²) in [6.45, 7) is 0. The predicted molar refractivity (Wildman–Crippen MR) is 94.0 cm³/mol. The van der Waals surface area contributed by atoms with Crippen LogP contribution in [0.1, 0.15) is 5.56 Å². The lowest BCUT2D eigenvalue weighted by Crippen LogP contribution is -2.26. The largest absolute Gasteiger partial charge is 0.300 e. The minimum atomic E-state index is -0.496. The fourth-order valence-corrected chi connectivity index (χ4v) is 3.34. The summed E-state index contributed by atoms with van der Waals surface area (Å²) in [7, 11) is 0. The Labute approximate surface area is 144 Å². The third kappa shape index (κ3) is 2.85. The van der Waals surface area contributed by atoms with Gasteiger partial charge in [0, 0.05) is 5.56 Å². The van der Waals surface area contributed by atoms with Crippen molar-refractivity contribution in [2.45, 2.75) is 0 Å². The van der Waals surface area contributed by atoms with Gasteiger partial charge in [-0.1, -0.05) is 53.8 Å². The van der Waals surface area contributed by atoms with Crippen molar-refractivity contribution in [1.82, 2.24) is 14.6 Å². The van der Waals surface area contributed by atoms with E-state index in [0.29, 0.717) is 15.7 Å². The summed E-state index contributed by atoms with van der Waals surface area (Å²) in [6, 6.07) is 14.7. The van der Waals surface area contributed by atoms with Gasteiger partial charge in [0.25, 0.3) is 5.56 Å². The number of nitrogens with zero attached hydrogens (tertiary/aromatic N) is 3. The smallest absolute Gasteiger partial charge is 0.266 e. The van der Waals surface area contributed by atoms with E-state index in [1.54, 1.807) is 42.5 Å². The molecule has 0 saturated carbocycles. The van der Waals surface area contributed by atoms with Crippen molar-refractivity contribution in [2.24, 2.45) is 0 Å². The molecule has 4 rings (SSSR count). The van der Waals surface area contributed by atoms with E-state index < -0.39 is 11.1 Å². The lowest BCUT2D eigenvalue weighted by atomic mass is 10.2. The van der Waals surface area contributed by atoms with Crippen LogP contribution in [-0.2, 0) is 0 Å². The molecular formula is C18H10FN3O2S. The highest BCUT2D eigenvalue weighted by molar-refractivity contribution is 7.15. The molecule has 2 heterocycles. The van der Waals surface area contributed by atoms with Crippen LogP contribution in [0.25, 0.3) is 22.3 Å². The summed E-state index contributed by atoms with van der Waals surface area (Å²) in [4.78, 5) is 28.9. The van der Waals surface area contributed by atoms with Crippen molar-refractivity contribution in [3.05, 3.63) is 91.2 Å². The average Bonchev–Trinajstić information content (AvgIpc) is 2.90. The van der Waals surface area contributed by atoms with Gasteiger partial charge in [0.2, 0.25) is 4.96 Å². The maximum atomic E-state index is 13.3. The van der Waals surface area contributed by atoms with E-state index in [9.17, 15) is 14.0 Å². The molecule has 7 heteroatoms. The van der Waals surface area contributed by atoms with E-state index in [2.05, 4.69) is 10.1 Å². The van der Waals surface area contributed by atoms with Crippen LogP contribution in [0.2, 0.25) is 0 Å². The normalized spacial score (nSPS) is 12.0. The molecule has 0 atom stereocenters. The molecule has 4 aromatic rings. The minimum Gasteiger partial charge on any atom is -0.266 e. The van der Waals surface area contributed by atoms with E-state index in [1.807, 2.05) is 6.07 Å². The van der Waals surface area contributed by atoms with Gasteiger partial charge < -0.3 is 0 Å². The quantitative estimate of drug-likeness (QED) is 0.553. The van der Waals surface area contributed by atoms with E-state index in [0.717, 1.165) is 15.9 Å². The fraction of sp³-hybridized carbons (Fsp3) is 0. The maximum absolute atomic E-state index is 13.3. The second-order valence-corrected chi connectivity index (χ2v) is 6.31. The van der Waals surface area contributed by atoms with E-state index >= 15 is 0 Å². The highest BCUT2D eigenvalue weighted by Gasteiger charge is 2.12. The number of aromatic nitrogens is 3. The van der Waals surface area contributed by atoms with Gasteiger partial charge in [0.1, 0.15) is 5.82 Å². The molecule has 122 valence electrons. The summed E-state index contributed by atoms with van der Waals surface area (Å²) in [5.74, 6) is -0.389. The van der Waals surface area contributed by atoms with Crippen molar-refractivity contribution in [3.63, 3.8) is 0 Å². The number of rotatable bonds is 2. The molecule has 0 unspecified atom stereocenters. The topological polar surface area (TPSA) is 64.3 Å². The van der Waals surface area contributed by atoms with Gasteiger partial charge in [-0.05, 0) is 23.8 Å². The van der Waals surface area contributed by atoms with Crippen LogP contribution in [0.5, 0.6) is 0 Å². The SMILES string of the molecule is O=c1nc2s/c(=C\c3cccc(F)c3)c(=O)n2nc1-c1ccccc1. The Kier molecular flexibility index (Phi) is 3.70. The second-order valence-electron chi connectivity index (χ2n) is 5.30. The minimum absolute atomic E-state index is 0.116. The molecule has 25 heavy (non-hydrogen) atoms. The molecular weight excluding hydrogens is 341 g/mol. The molecule has 0 N–H and O–H groups in total. The molecule has 5 nitrogen and oxygen atoms in total. The highest BCUT2D eigenvalue weighted by Crippen LogP contribution is 2.11. The highest BCUT2D eigenvalue weighted by atomic mass is 32.1. The first-order valence-electron chi connectivity index (χ1n) is 7.38. The van der Waals surface area contributed by atoms with Gasteiger partial charge in [-0.15, -0.1) is 0 Å². The molecule has 0 amide bonds. The predicted octanol–water partition coefficient (Wildman–Crippen LogP) is 1.86. The summed E-state index contributed by atoms with van der Waals surface area (Å²) in [6.07, 6.45) is 1.55. The Morgan fingerprint density at radius 2 is 1.84 bits per heavy atom. The van der Waals surface area contributed by atoms with E-state index in [4.69, 9.17) is 0 Å². The number of halogens is 1. The Morgan fingerprint density at radius 1 is 1.04 bits per heavy atom. The van der Waals surface area contributed by atoms with Crippen LogP contribution in [0.15, 0.2) is 64.2 Å². The first kappa shape index (κ1) is 15.3. The number of hydrogen-bond donors (Lipinski definition) is 0. The Hall–Kier alpha value is -3.19. The van der Waals surface area contributed by atoms with E-state index in [-0.39, 0.29) is 16.5 Å². The van der Waals surface area contributed by atoms with Crippen molar-refractivity contribution in [1.29, 1.82) is 0 Å². The molecule has 0 aliphatic rings. The fourth-order valence-electron chi connectivity index (χ4n) is 2.43. The van der Waals surface area contributed by atoms with Crippen LogP contribution < -0.4 is 15.7 Å². The second kappa shape index (κ2) is 6.03. The maximum Gasteiger partial charge on any atom is 0.300 e. The van der Waals surface area contributed by atoms with Crippen molar-refractivity contribution >= 4 is 22.4 Å². The summed E-state index contributed by atoms with van der Waals surface area (Å²) in [5, 5.41) is 4.17. The molecule has 2 aromatic heterocycles. The monoisotopic (exact) mass is 351 g/mol. The zero-order valence-electron chi connectivity index (χ0n) is 12.7. The van der Waals surface area contributed by atoms with Crippen molar-refractivity contribution in [3.8, 4) is 11.3 Å². The van der Waals surface area contributed by atoms with E-state index in [1.165, 1.54) is 12.1 Å². The molecule has 2 aromatic carbocycles. The van der Waals surface area contributed by atoms with Gasteiger partial charge in [0.15, 0.2) is 5.69 Å². The summed E-state index contributed by atoms with van der Waals surface area (Å²) >= 11 is 1.04. The molecule has 0 aliphatic heterocycles. The lowest BCUT2D eigenvalue weighted by molar-refractivity contribution is 0.627. The van der Waals surface area contributed by atoms with Gasteiger partial charge in [0.05, 0.1) is 4.53 Å². The molecule has 0 fully saturated rings. The third-order valence-corrected chi connectivity index (χ3v) is 4.54. The standard InChI is InChI=1S/C18H10FN3O2S/c19-13-8-4-5-11(9-13)10-14-17(24)22-18(25-14)20-16(23)15(21-22)12-6-2-1-3-7-12/h1-10H/b14-10-. The number of benzene rings is 2. The zero-order chi connectivity index (χ0) is 17.4. The third-order valence-electron chi connectivity index (χ3n) is 3.58. The van der Waals surface area contributed by atoms with Crippen molar-refractivity contribution in [2.75, 3.05) is 0 Å². The van der Waals surface area contributed by atoms with Crippen LogP contribution in [0.3, 0.4) is 0 Å². The summed E-state index contributed by atoms with van der Waals surface area (Å²) < 4.78 is 14.7. The first-order chi connectivity index (χ1) is 12.1. The number of thiazole rings is 1. The van der Waals surface area contributed by atoms with Crippen LogP contribution >= 0.6 is 11.3 Å². The molecule has 0 aliphatic carbocycles. The summed E-state index contributed by atoms with van der Waals surface area (Å²) in [5.41, 5.74) is 0.370. The Bertz CT molecular complexity index is 1250. The number of hydrogen-bond acceptors (Lipinski definition) is 5. The average molecular weight is 351 g/mol. The first-order valence-corrected chi connectivity index (χ1v) is 8.20. The van der Waals surface area contributed by atoms with Crippen molar-refractivity contribution < 1.29 is 4.39 Å². The molecule has 0 spiro atoms. The zero-order valence-corrected chi connectivity index (χ0v) is 13.5. The molecule has 0 saturated heterocycles. The Balaban J connectivity index is 1.95. The van der Waals surface area contributed by atoms with Gasteiger partial charge in [-0.3, -0.25) is 9.59 Å². The van der Waals surface area contributed by atoms with Gasteiger partial charge in [-0.2, -0.15) is 14.6 Å². The van der Waals surface area contributed by atoms with Crippen LogP contribution in [0, 0.1) is 5.82 Å². The Morgan fingerprint density at radius 3 is 2.60 bits per heavy atom. The van der Waals surface area contributed by atoms with Gasteiger partial charge >= 0.3 is 5.56 Å². The lowest BCUT2D eigenvalue weighted by Gasteiger charge is -1.98. The number of fused-ring (bicyclic) bond motifs is 1. The molecule has 0 bridgehead atoms. The van der Waals surface area contributed by atoms with Crippen LogP contribution in [-0.4, -0.2) is 14.6 Å². The molecule has 0 radical (unpaired) electrons.